The Morgan fingerprint density at radius 3 is 2.89 bits per heavy atom. The monoisotopic (exact) mass is 260 g/mol. The Morgan fingerprint density at radius 1 is 1.32 bits per heavy atom. The number of nitrogens with one attached hydrogen (secondary N) is 2. The van der Waals surface area contributed by atoms with Gasteiger partial charge in [0.1, 0.15) is 0 Å². The summed E-state index contributed by atoms with van der Waals surface area (Å²) < 4.78 is 0. The molecule has 2 N–H and O–H groups in total. The van der Waals surface area contributed by atoms with Crippen molar-refractivity contribution in [2.75, 3.05) is 13.1 Å². The second-order valence-corrected chi connectivity index (χ2v) is 5.45. The standard InChI is InChI=1S/C16H24N2O/c1-13-5-7-14(8-6-13)9-10-16(19)18-15-4-2-3-11-17-12-15/h5-8,15,17H,2-4,9-12H2,1H3,(H,18,19). The number of hydrogen-bond acceptors (Lipinski definition) is 2. The zero-order chi connectivity index (χ0) is 13.5. The lowest BCUT2D eigenvalue weighted by atomic mass is 10.1. The Balaban J connectivity index is 1.73. The molecule has 3 nitrogen and oxygen atoms in total. The molecule has 1 unspecified atom stereocenters. The second-order valence-electron chi connectivity index (χ2n) is 5.45. The maximum atomic E-state index is 11.9. The Hall–Kier alpha value is -1.35. The molecular formula is C16H24N2O. The first-order valence-electron chi connectivity index (χ1n) is 7.29. The lowest BCUT2D eigenvalue weighted by Gasteiger charge is -2.16. The third-order valence-corrected chi connectivity index (χ3v) is 3.67. The highest BCUT2D eigenvalue weighted by Crippen LogP contribution is 2.07. The molecule has 0 radical (unpaired) electrons. The van der Waals surface area contributed by atoms with Crippen LogP contribution in [0.1, 0.15) is 36.8 Å². The van der Waals surface area contributed by atoms with E-state index in [1.165, 1.54) is 24.0 Å². The van der Waals surface area contributed by atoms with Gasteiger partial charge in [-0.2, -0.15) is 0 Å². The van der Waals surface area contributed by atoms with Crippen LogP contribution >= 0.6 is 0 Å². The molecule has 19 heavy (non-hydrogen) atoms. The summed E-state index contributed by atoms with van der Waals surface area (Å²) in [6.45, 7) is 4.07. The third kappa shape index (κ3) is 5.03. The van der Waals surface area contributed by atoms with Crippen LogP contribution in [0.5, 0.6) is 0 Å². The molecular weight excluding hydrogens is 236 g/mol. The minimum absolute atomic E-state index is 0.175. The number of carbonyl (C=O) groups excluding carboxylic acids is 1. The maximum Gasteiger partial charge on any atom is 0.220 e. The molecule has 1 saturated heterocycles. The van der Waals surface area contributed by atoms with Crippen LogP contribution in [0.15, 0.2) is 24.3 Å². The SMILES string of the molecule is Cc1ccc(CCC(=O)NC2CCCCNC2)cc1. The summed E-state index contributed by atoms with van der Waals surface area (Å²) in [5, 5.41) is 6.51. The van der Waals surface area contributed by atoms with Gasteiger partial charge in [-0.3, -0.25) is 4.79 Å². The summed E-state index contributed by atoms with van der Waals surface area (Å²) in [6, 6.07) is 8.73. The molecule has 104 valence electrons. The van der Waals surface area contributed by atoms with Gasteiger partial charge in [0.25, 0.3) is 0 Å². The zero-order valence-corrected chi connectivity index (χ0v) is 11.7. The molecule has 1 heterocycles. The summed E-state index contributed by atoms with van der Waals surface area (Å²) in [5.74, 6) is 0.175. The lowest BCUT2D eigenvalue weighted by molar-refractivity contribution is -0.121. The van der Waals surface area contributed by atoms with E-state index in [9.17, 15) is 4.79 Å². The van der Waals surface area contributed by atoms with E-state index in [0.29, 0.717) is 12.5 Å². The van der Waals surface area contributed by atoms with Crippen LogP contribution < -0.4 is 10.6 Å². The van der Waals surface area contributed by atoms with Crippen LogP contribution in [-0.2, 0) is 11.2 Å². The predicted octanol–water partition coefficient (Wildman–Crippen LogP) is 2.19. The quantitative estimate of drug-likeness (QED) is 0.871. The van der Waals surface area contributed by atoms with E-state index >= 15 is 0 Å². The average Bonchev–Trinajstić information content (AvgIpc) is 2.67. The molecule has 0 aliphatic carbocycles. The third-order valence-electron chi connectivity index (χ3n) is 3.67. The Bertz CT molecular complexity index is 392. The molecule has 1 aromatic carbocycles. The van der Waals surface area contributed by atoms with Gasteiger partial charge in [-0.1, -0.05) is 36.2 Å². The molecule has 3 heteroatoms. The Labute approximate surface area is 115 Å². The van der Waals surface area contributed by atoms with Gasteiger partial charge in [0.2, 0.25) is 5.91 Å². The number of hydrogen-bond donors (Lipinski definition) is 2. The molecule has 1 aliphatic rings. The van der Waals surface area contributed by atoms with Crippen molar-refractivity contribution in [3.05, 3.63) is 35.4 Å². The second kappa shape index (κ2) is 7.29. The fourth-order valence-electron chi connectivity index (χ4n) is 2.45. The largest absolute Gasteiger partial charge is 0.352 e. The Kier molecular flexibility index (Phi) is 5.40. The van der Waals surface area contributed by atoms with Crippen LogP contribution in [0.2, 0.25) is 0 Å². The van der Waals surface area contributed by atoms with Crippen LogP contribution in [0.25, 0.3) is 0 Å². The fourth-order valence-corrected chi connectivity index (χ4v) is 2.45. The van der Waals surface area contributed by atoms with Crippen molar-refractivity contribution in [1.29, 1.82) is 0 Å². The van der Waals surface area contributed by atoms with E-state index in [1.54, 1.807) is 0 Å². The Morgan fingerprint density at radius 2 is 2.11 bits per heavy atom. The highest BCUT2D eigenvalue weighted by Gasteiger charge is 2.13. The van der Waals surface area contributed by atoms with Gasteiger partial charge in [0.15, 0.2) is 0 Å². The number of rotatable bonds is 4. The summed E-state index contributed by atoms with van der Waals surface area (Å²) >= 11 is 0. The van der Waals surface area contributed by atoms with Crippen LogP contribution in [0, 0.1) is 6.92 Å². The van der Waals surface area contributed by atoms with Crippen molar-refractivity contribution in [2.24, 2.45) is 0 Å². The molecule has 1 aromatic rings. The number of benzene rings is 1. The van der Waals surface area contributed by atoms with Crippen molar-refractivity contribution in [3.8, 4) is 0 Å². The normalized spacial score (nSPS) is 19.7. The summed E-state index contributed by atoms with van der Waals surface area (Å²) in [6.07, 6.45) is 4.93. The smallest absolute Gasteiger partial charge is 0.220 e. The minimum Gasteiger partial charge on any atom is -0.352 e. The molecule has 0 bridgehead atoms. The van der Waals surface area contributed by atoms with Crippen molar-refractivity contribution in [3.63, 3.8) is 0 Å². The highest BCUT2D eigenvalue weighted by molar-refractivity contribution is 5.76. The van der Waals surface area contributed by atoms with Gasteiger partial charge in [0, 0.05) is 19.0 Å². The number of amides is 1. The van der Waals surface area contributed by atoms with Crippen molar-refractivity contribution in [1.82, 2.24) is 10.6 Å². The van der Waals surface area contributed by atoms with E-state index in [1.807, 2.05) is 0 Å². The van der Waals surface area contributed by atoms with Gasteiger partial charge in [-0.25, -0.2) is 0 Å². The van der Waals surface area contributed by atoms with Crippen LogP contribution in [0.4, 0.5) is 0 Å². The average molecular weight is 260 g/mol. The van der Waals surface area contributed by atoms with Gasteiger partial charge in [-0.15, -0.1) is 0 Å². The van der Waals surface area contributed by atoms with Gasteiger partial charge < -0.3 is 10.6 Å². The lowest BCUT2D eigenvalue weighted by Crippen LogP contribution is -2.40. The molecule has 1 atom stereocenters. The first-order chi connectivity index (χ1) is 9.24. The van der Waals surface area contributed by atoms with Crippen LogP contribution in [0.3, 0.4) is 0 Å². The zero-order valence-electron chi connectivity index (χ0n) is 11.7. The summed E-state index contributed by atoms with van der Waals surface area (Å²) in [5.41, 5.74) is 2.50. The first-order valence-corrected chi connectivity index (χ1v) is 7.29. The van der Waals surface area contributed by atoms with Crippen molar-refractivity contribution in [2.45, 2.75) is 45.1 Å². The molecule has 0 aromatic heterocycles. The fraction of sp³-hybridized carbons (Fsp3) is 0.562. The van der Waals surface area contributed by atoms with E-state index in [-0.39, 0.29) is 5.91 Å². The molecule has 0 saturated carbocycles. The topological polar surface area (TPSA) is 41.1 Å². The van der Waals surface area contributed by atoms with Gasteiger partial charge >= 0.3 is 0 Å². The molecule has 1 fully saturated rings. The van der Waals surface area contributed by atoms with Gasteiger partial charge in [0.05, 0.1) is 0 Å². The van der Waals surface area contributed by atoms with E-state index in [0.717, 1.165) is 25.9 Å². The molecule has 2 rings (SSSR count). The molecule has 1 amide bonds. The minimum atomic E-state index is 0.175. The first kappa shape index (κ1) is 14.1. The number of carbonyl (C=O) groups is 1. The van der Waals surface area contributed by atoms with E-state index < -0.39 is 0 Å². The van der Waals surface area contributed by atoms with Crippen molar-refractivity contribution < 1.29 is 4.79 Å². The van der Waals surface area contributed by atoms with Crippen molar-refractivity contribution >= 4 is 5.91 Å². The summed E-state index contributed by atoms with van der Waals surface area (Å²) in [4.78, 5) is 11.9. The highest BCUT2D eigenvalue weighted by atomic mass is 16.1. The molecule has 1 aliphatic heterocycles. The van der Waals surface area contributed by atoms with Crippen LogP contribution in [-0.4, -0.2) is 25.0 Å². The maximum absolute atomic E-state index is 11.9. The number of aryl methyl sites for hydroxylation is 2. The van der Waals surface area contributed by atoms with Gasteiger partial charge in [-0.05, 0) is 38.3 Å². The predicted molar refractivity (Wildman–Crippen MR) is 78.2 cm³/mol. The van der Waals surface area contributed by atoms with E-state index in [4.69, 9.17) is 0 Å². The summed E-state index contributed by atoms with van der Waals surface area (Å²) in [7, 11) is 0. The molecule has 0 spiro atoms. The van der Waals surface area contributed by atoms with E-state index in [2.05, 4.69) is 41.8 Å².